The molecular weight excluding hydrogens is 603 g/mol. The van der Waals surface area contributed by atoms with Crippen LogP contribution in [0.3, 0.4) is 0 Å². The van der Waals surface area contributed by atoms with Crippen LogP contribution < -0.4 is 9.64 Å². The molecule has 1 unspecified atom stereocenters. The number of anilines is 1. The third-order valence-corrected chi connectivity index (χ3v) is 9.93. The third-order valence-electron chi connectivity index (χ3n) is 7.17. The molecule has 238 valence electrons. The van der Waals surface area contributed by atoms with E-state index in [0.29, 0.717) is 42.7 Å². The summed E-state index contributed by atoms with van der Waals surface area (Å²) in [5.74, 6) is -0.103. The first-order valence-electron chi connectivity index (χ1n) is 14.8. The molecule has 0 N–H and O–H groups in total. The molecule has 1 saturated heterocycles. The van der Waals surface area contributed by atoms with Crippen LogP contribution in [0.2, 0.25) is 0 Å². The molecule has 1 aromatic carbocycles. The van der Waals surface area contributed by atoms with E-state index in [4.69, 9.17) is 19.1 Å². The van der Waals surface area contributed by atoms with Gasteiger partial charge in [-0.2, -0.15) is 9.59 Å². The number of nitrogens with zero attached hydrogens (tertiary/aromatic N) is 3. The molecule has 2 aromatic rings. The Morgan fingerprint density at radius 1 is 1.16 bits per heavy atom. The van der Waals surface area contributed by atoms with Crippen LogP contribution in [-0.4, -0.2) is 65.0 Å². The summed E-state index contributed by atoms with van der Waals surface area (Å²) in [6.07, 6.45) is 6.69. The Morgan fingerprint density at radius 3 is 2.59 bits per heavy atom. The molecule has 0 saturated carbocycles. The van der Waals surface area contributed by atoms with Crippen LogP contribution in [0.5, 0.6) is 5.75 Å². The number of fused-ring (bicyclic) bond motifs is 2. The van der Waals surface area contributed by atoms with Crippen molar-refractivity contribution >= 4 is 51.3 Å². The van der Waals surface area contributed by atoms with Gasteiger partial charge in [-0.3, -0.25) is 9.59 Å². The van der Waals surface area contributed by atoms with Crippen LogP contribution in [0.15, 0.2) is 41.6 Å². The second-order valence-electron chi connectivity index (χ2n) is 12.0. The first-order chi connectivity index (χ1) is 21.0. The number of hydrogen-bond donors (Lipinski definition) is 0. The molecule has 3 heterocycles. The lowest BCUT2D eigenvalue weighted by Crippen LogP contribution is -2.47. The highest BCUT2D eigenvalue weighted by Gasteiger charge is 2.45. The summed E-state index contributed by atoms with van der Waals surface area (Å²) in [6, 6.07) is 8.42. The van der Waals surface area contributed by atoms with Gasteiger partial charge >= 0.3 is 12.2 Å². The minimum Gasteiger partial charge on any atom is -0.493 e. The molecule has 4 rings (SSSR count). The zero-order valence-corrected chi connectivity index (χ0v) is 27.6. The molecule has 2 aliphatic rings. The maximum absolute atomic E-state index is 13.7. The lowest BCUT2D eigenvalue weighted by Gasteiger charge is -2.24. The number of ether oxygens (including phenoxy) is 2. The van der Waals surface area contributed by atoms with Gasteiger partial charge in [0.1, 0.15) is 23.4 Å². The van der Waals surface area contributed by atoms with Crippen LogP contribution in [0.1, 0.15) is 82.1 Å². The molecule has 1 aromatic heterocycles. The summed E-state index contributed by atoms with van der Waals surface area (Å²) >= 11 is 0. The normalized spacial score (nSPS) is 16.6. The Balaban J connectivity index is 0.00000169. The van der Waals surface area contributed by atoms with Gasteiger partial charge in [0.2, 0.25) is 0 Å². The van der Waals surface area contributed by atoms with Gasteiger partial charge in [-0.05, 0) is 79.5 Å². The van der Waals surface area contributed by atoms with Gasteiger partial charge in [-0.1, -0.05) is 50.5 Å². The van der Waals surface area contributed by atoms with Crippen LogP contribution in [-0.2, 0) is 19.1 Å². The number of imide groups is 1. The number of aromatic nitrogens is 1. The van der Waals surface area contributed by atoms with Crippen molar-refractivity contribution < 1.29 is 33.4 Å². The summed E-state index contributed by atoms with van der Waals surface area (Å²) in [5, 5.41) is 0.816. The Bertz CT molecular complexity index is 1330. The molecule has 0 aliphatic carbocycles. The topological polar surface area (TPSA) is 123 Å². The number of benzene rings is 1. The number of aryl methyl sites for hydroxylation is 1. The van der Waals surface area contributed by atoms with Crippen molar-refractivity contribution in [1.29, 1.82) is 0 Å². The van der Waals surface area contributed by atoms with Crippen molar-refractivity contribution in [1.82, 2.24) is 9.88 Å². The van der Waals surface area contributed by atoms with E-state index >= 15 is 0 Å². The van der Waals surface area contributed by atoms with Crippen molar-refractivity contribution in [2.24, 2.45) is 5.41 Å². The monoisotopic (exact) mass is 643 g/mol. The lowest BCUT2D eigenvalue weighted by molar-refractivity contribution is -0.191. The Hall–Kier alpha value is -3.34. The smallest absolute Gasteiger partial charge is 0.421 e. The summed E-state index contributed by atoms with van der Waals surface area (Å²) in [5.41, 5.74) is 1.66. The second kappa shape index (κ2) is 16.7. The third kappa shape index (κ3) is 9.84. The maximum atomic E-state index is 13.7. The number of amides is 3. The molecule has 2 atom stereocenters. The minimum atomic E-state index is -0.773. The molecule has 0 spiro atoms. The summed E-state index contributed by atoms with van der Waals surface area (Å²) in [6.45, 7) is 11.7. The van der Waals surface area contributed by atoms with Crippen molar-refractivity contribution in [2.45, 2.75) is 89.5 Å². The highest BCUT2D eigenvalue weighted by atomic mass is 33.1. The fourth-order valence-corrected chi connectivity index (χ4v) is 6.87. The van der Waals surface area contributed by atoms with E-state index in [9.17, 15) is 14.4 Å². The maximum Gasteiger partial charge on any atom is 0.421 e. The van der Waals surface area contributed by atoms with Crippen LogP contribution in [0.4, 0.5) is 10.5 Å². The van der Waals surface area contributed by atoms with Crippen molar-refractivity contribution in [3.8, 4) is 5.75 Å². The number of hydrogen-bond acceptors (Lipinski definition) is 10. The predicted octanol–water partition coefficient (Wildman–Crippen LogP) is 6.71. The summed E-state index contributed by atoms with van der Waals surface area (Å²) in [7, 11) is 3.04. The number of carbonyl (C=O) groups is 3. The average molecular weight is 644 g/mol. The standard InChI is InChI=1S/C31H41N3O5S2.CO2/c1-21-18-23-25(19-26(21)38-17-10-6-8-14-31(3,4)5)34(29(36)24-12-11-16-33(24)28(23)35)30(37)39-20-22(2)40-41-27-13-7-9-15-32-27;2-1-3/h7,9,13,15,18-19,22,24H,6,8,10-12,14,16-17,20H2,1-5H3;/t22?,24-;/m0./s1. The Kier molecular flexibility index (Phi) is 13.3. The van der Waals surface area contributed by atoms with E-state index in [0.717, 1.165) is 41.2 Å². The van der Waals surface area contributed by atoms with Gasteiger partial charge in [0.05, 0.1) is 17.9 Å². The largest absolute Gasteiger partial charge is 0.493 e. The molecule has 44 heavy (non-hydrogen) atoms. The number of pyridine rings is 1. The molecule has 0 radical (unpaired) electrons. The van der Waals surface area contributed by atoms with Gasteiger partial charge < -0.3 is 14.4 Å². The lowest BCUT2D eigenvalue weighted by atomic mass is 9.89. The van der Waals surface area contributed by atoms with E-state index in [2.05, 4.69) is 25.8 Å². The predicted molar refractivity (Wildman–Crippen MR) is 170 cm³/mol. The first-order valence-corrected chi connectivity index (χ1v) is 17.0. The Morgan fingerprint density at radius 2 is 1.91 bits per heavy atom. The zero-order chi connectivity index (χ0) is 32.3. The molecule has 12 heteroatoms. The van der Waals surface area contributed by atoms with Crippen LogP contribution in [0, 0.1) is 12.3 Å². The van der Waals surface area contributed by atoms with E-state index in [1.165, 1.54) is 21.6 Å². The van der Waals surface area contributed by atoms with Gasteiger partial charge in [0, 0.05) is 24.1 Å². The SMILES string of the molecule is Cc1cc2c(cc1OCCCCCC(C)(C)C)N(C(=O)OCC(C)SSc1ccccn1)C(=O)[C@@H]1CCCN1C2=O.O=C=O. The molecular formula is C32H41N3O7S2. The number of carbonyl (C=O) groups excluding carboxylic acids is 5. The zero-order valence-electron chi connectivity index (χ0n) is 26.0. The van der Waals surface area contributed by atoms with Gasteiger partial charge in [0.15, 0.2) is 0 Å². The van der Waals surface area contributed by atoms with Crippen molar-refractivity contribution in [3.63, 3.8) is 0 Å². The van der Waals surface area contributed by atoms with Crippen molar-refractivity contribution in [2.75, 3.05) is 24.7 Å². The first kappa shape index (κ1) is 35.1. The fourth-order valence-electron chi connectivity index (χ4n) is 4.99. The molecule has 10 nitrogen and oxygen atoms in total. The number of rotatable bonds is 11. The van der Waals surface area contributed by atoms with E-state index < -0.39 is 18.0 Å². The van der Waals surface area contributed by atoms with Crippen molar-refractivity contribution in [3.05, 3.63) is 47.7 Å². The molecule has 2 aliphatic heterocycles. The van der Waals surface area contributed by atoms with E-state index in [1.807, 2.05) is 32.0 Å². The highest BCUT2D eigenvalue weighted by molar-refractivity contribution is 8.76. The van der Waals surface area contributed by atoms with Crippen LogP contribution >= 0.6 is 21.6 Å². The van der Waals surface area contributed by atoms with Gasteiger partial charge in [0.25, 0.3) is 11.8 Å². The molecule has 1 fully saturated rings. The van der Waals surface area contributed by atoms with E-state index in [-0.39, 0.29) is 29.6 Å². The van der Waals surface area contributed by atoms with Gasteiger partial charge in [-0.15, -0.1) is 0 Å². The van der Waals surface area contributed by atoms with Gasteiger partial charge in [-0.25, -0.2) is 14.7 Å². The van der Waals surface area contributed by atoms with Crippen LogP contribution in [0.25, 0.3) is 0 Å². The molecule has 0 bridgehead atoms. The Labute approximate surface area is 267 Å². The summed E-state index contributed by atoms with van der Waals surface area (Å²) < 4.78 is 11.8. The fraction of sp³-hybridized carbons (Fsp3) is 0.531. The minimum absolute atomic E-state index is 0.0488. The average Bonchev–Trinajstić information content (AvgIpc) is 3.45. The van der Waals surface area contributed by atoms with E-state index in [1.54, 1.807) is 23.2 Å². The second-order valence-corrected chi connectivity index (χ2v) is 14.7. The highest BCUT2D eigenvalue weighted by Crippen LogP contribution is 2.38. The summed E-state index contributed by atoms with van der Waals surface area (Å²) in [4.78, 5) is 63.9. The molecule has 3 amide bonds. The number of unbranched alkanes of at least 4 members (excludes halogenated alkanes) is 2. The quantitative estimate of drug-likeness (QED) is 0.193.